The van der Waals surface area contributed by atoms with Crippen LogP contribution >= 0.6 is 11.3 Å². The maximum absolute atomic E-state index is 4.30. The second kappa shape index (κ2) is 5.46. The van der Waals surface area contributed by atoms with E-state index in [9.17, 15) is 0 Å². The number of anilines is 1. The van der Waals surface area contributed by atoms with Crippen molar-refractivity contribution in [3.8, 4) is 11.3 Å². The number of H-pyrrole nitrogens is 1. The van der Waals surface area contributed by atoms with Gasteiger partial charge in [0.2, 0.25) is 0 Å². The van der Waals surface area contributed by atoms with Crippen LogP contribution in [0.4, 0.5) is 5.69 Å². The van der Waals surface area contributed by atoms with Crippen LogP contribution in [-0.4, -0.2) is 15.2 Å². The Morgan fingerprint density at radius 2 is 2.20 bits per heavy atom. The van der Waals surface area contributed by atoms with Gasteiger partial charge in [-0.15, -0.1) is 11.3 Å². The molecule has 102 valence electrons. The molecular formula is C15H16N4S. The third kappa shape index (κ3) is 2.58. The molecule has 5 heteroatoms. The lowest BCUT2D eigenvalue weighted by atomic mass is 10.1. The van der Waals surface area contributed by atoms with E-state index in [4.69, 9.17) is 0 Å². The molecule has 1 aromatic carbocycles. The first-order valence-corrected chi connectivity index (χ1v) is 7.38. The molecule has 0 saturated carbocycles. The van der Waals surface area contributed by atoms with Crippen molar-refractivity contribution >= 4 is 17.0 Å². The third-order valence-corrected chi connectivity index (χ3v) is 4.35. The van der Waals surface area contributed by atoms with Gasteiger partial charge >= 0.3 is 0 Å². The minimum Gasteiger partial charge on any atom is -0.378 e. The van der Waals surface area contributed by atoms with Crippen molar-refractivity contribution in [1.82, 2.24) is 15.2 Å². The maximum atomic E-state index is 4.30. The topological polar surface area (TPSA) is 53.6 Å². The minimum absolute atomic E-state index is 0.250. The molecule has 3 aromatic rings. The van der Waals surface area contributed by atoms with Crippen LogP contribution < -0.4 is 5.32 Å². The molecule has 0 bridgehead atoms. The van der Waals surface area contributed by atoms with E-state index >= 15 is 0 Å². The van der Waals surface area contributed by atoms with Crippen molar-refractivity contribution in [3.05, 3.63) is 52.6 Å². The highest BCUT2D eigenvalue weighted by Gasteiger charge is 2.11. The average molecular weight is 284 g/mol. The van der Waals surface area contributed by atoms with Crippen molar-refractivity contribution < 1.29 is 0 Å². The van der Waals surface area contributed by atoms with E-state index in [0.717, 1.165) is 22.6 Å². The van der Waals surface area contributed by atoms with Crippen LogP contribution in [0.15, 0.2) is 42.0 Å². The van der Waals surface area contributed by atoms with Gasteiger partial charge in [-0.25, -0.2) is 4.98 Å². The number of aryl methyl sites for hydroxylation is 1. The summed E-state index contributed by atoms with van der Waals surface area (Å²) in [6.45, 7) is 4.20. The Morgan fingerprint density at radius 1 is 1.30 bits per heavy atom. The van der Waals surface area contributed by atoms with Crippen LogP contribution in [0, 0.1) is 6.92 Å². The first-order chi connectivity index (χ1) is 9.74. The molecule has 0 spiro atoms. The molecule has 2 N–H and O–H groups in total. The molecule has 2 aromatic heterocycles. The normalized spacial score (nSPS) is 12.3. The molecule has 0 aliphatic rings. The molecule has 20 heavy (non-hydrogen) atoms. The van der Waals surface area contributed by atoms with E-state index in [1.54, 1.807) is 17.5 Å². The van der Waals surface area contributed by atoms with Gasteiger partial charge in [-0.1, -0.05) is 12.1 Å². The summed E-state index contributed by atoms with van der Waals surface area (Å²) in [5, 5.41) is 10.5. The summed E-state index contributed by atoms with van der Waals surface area (Å²) in [5.41, 5.74) is 6.23. The van der Waals surface area contributed by atoms with Crippen LogP contribution in [0.5, 0.6) is 0 Å². The highest BCUT2D eigenvalue weighted by Crippen LogP contribution is 2.27. The van der Waals surface area contributed by atoms with Crippen molar-refractivity contribution in [2.24, 2.45) is 0 Å². The van der Waals surface area contributed by atoms with E-state index in [1.807, 2.05) is 24.6 Å². The highest BCUT2D eigenvalue weighted by molar-refractivity contribution is 7.09. The van der Waals surface area contributed by atoms with E-state index in [2.05, 4.69) is 45.6 Å². The molecule has 1 unspecified atom stereocenters. The SMILES string of the molecule is Cc1ncsc1C(C)Nc1cccc(-c2ccn[nH]2)c1. The smallest absolute Gasteiger partial charge is 0.0798 e. The summed E-state index contributed by atoms with van der Waals surface area (Å²) in [6, 6.07) is 10.5. The van der Waals surface area contributed by atoms with Gasteiger partial charge < -0.3 is 5.32 Å². The molecule has 0 fully saturated rings. The maximum Gasteiger partial charge on any atom is 0.0798 e. The molecule has 0 saturated heterocycles. The monoisotopic (exact) mass is 284 g/mol. The Balaban J connectivity index is 1.81. The first kappa shape index (κ1) is 12.9. The van der Waals surface area contributed by atoms with Crippen LogP contribution in [0.2, 0.25) is 0 Å². The molecule has 4 nitrogen and oxygen atoms in total. The largest absolute Gasteiger partial charge is 0.378 e. The summed E-state index contributed by atoms with van der Waals surface area (Å²) in [6.07, 6.45) is 1.76. The number of nitrogens with zero attached hydrogens (tertiary/aromatic N) is 2. The summed E-state index contributed by atoms with van der Waals surface area (Å²) in [4.78, 5) is 5.58. The van der Waals surface area contributed by atoms with Gasteiger partial charge in [0.05, 0.1) is 22.9 Å². The van der Waals surface area contributed by atoms with Gasteiger partial charge in [-0.3, -0.25) is 5.10 Å². The van der Waals surface area contributed by atoms with Crippen LogP contribution in [-0.2, 0) is 0 Å². The zero-order chi connectivity index (χ0) is 13.9. The fourth-order valence-electron chi connectivity index (χ4n) is 2.24. The second-order valence-corrected chi connectivity index (χ2v) is 5.61. The lowest BCUT2D eigenvalue weighted by Crippen LogP contribution is -2.06. The van der Waals surface area contributed by atoms with Crippen molar-refractivity contribution in [2.75, 3.05) is 5.32 Å². The van der Waals surface area contributed by atoms with Gasteiger partial charge in [0, 0.05) is 22.3 Å². The fraction of sp³-hybridized carbons (Fsp3) is 0.200. The highest BCUT2D eigenvalue weighted by atomic mass is 32.1. The zero-order valence-corrected chi connectivity index (χ0v) is 12.2. The Morgan fingerprint density at radius 3 is 2.90 bits per heavy atom. The summed E-state index contributed by atoms with van der Waals surface area (Å²) in [7, 11) is 0. The number of aromatic nitrogens is 3. The van der Waals surface area contributed by atoms with E-state index in [-0.39, 0.29) is 6.04 Å². The predicted octanol–water partition coefficient (Wildman–Crippen LogP) is 4.01. The summed E-state index contributed by atoms with van der Waals surface area (Å²) in [5.74, 6) is 0. The summed E-state index contributed by atoms with van der Waals surface area (Å²) < 4.78 is 0. The minimum atomic E-state index is 0.250. The number of nitrogens with one attached hydrogen (secondary N) is 2. The Hall–Kier alpha value is -2.14. The Kier molecular flexibility index (Phi) is 3.52. The van der Waals surface area contributed by atoms with Gasteiger partial charge in [0.25, 0.3) is 0 Å². The number of thiazole rings is 1. The summed E-state index contributed by atoms with van der Waals surface area (Å²) >= 11 is 1.69. The lowest BCUT2D eigenvalue weighted by molar-refractivity contribution is 0.890. The molecule has 1 atom stereocenters. The average Bonchev–Trinajstić information content (AvgIpc) is 3.09. The predicted molar refractivity (Wildman–Crippen MR) is 82.9 cm³/mol. The fourth-order valence-corrected chi connectivity index (χ4v) is 3.05. The number of hydrogen-bond donors (Lipinski definition) is 2. The standard InChI is InChI=1S/C15H16N4S/c1-10-15(20-9-16-10)11(2)18-13-5-3-4-12(8-13)14-6-7-17-19-14/h3-9,11,18H,1-2H3,(H,17,19). The van der Waals surface area contributed by atoms with Gasteiger partial charge in [-0.05, 0) is 32.0 Å². The Labute approximate surface area is 121 Å². The van der Waals surface area contributed by atoms with Crippen LogP contribution in [0.1, 0.15) is 23.5 Å². The number of benzene rings is 1. The first-order valence-electron chi connectivity index (χ1n) is 6.50. The molecule has 3 rings (SSSR count). The second-order valence-electron chi connectivity index (χ2n) is 4.72. The lowest BCUT2D eigenvalue weighted by Gasteiger charge is -2.15. The zero-order valence-electron chi connectivity index (χ0n) is 11.4. The molecule has 0 radical (unpaired) electrons. The van der Waals surface area contributed by atoms with E-state index in [0.29, 0.717) is 0 Å². The van der Waals surface area contributed by atoms with Crippen molar-refractivity contribution in [3.63, 3.8) is 0 Å². The molecule has 2 heterocycles. The number of aromatic amines is 1. The van der Waals surface area contributed by atoms with Gasteiger partial charge in [0.1, 0.15) is 0 Å². The number of rotatable bonds is 4. The van der Waals surface area contributed by atoms with Gasteiger partial charge in [0.15, 0.2) is 0 Å². The van der Waals surface area contributed by atoms with Crippen molar-refractivity contribution in [2.45, 2.75) is 19.9 Å². The Bertz CT molecular complexity index is 687. The quantitative estimate of drug-likeness (QED) is 0.761. The van der Waals surface area contributed by atoms with Crippen LogP contribution in [0.3, 0.4) is 0 Å². The molecule has 0 aliphatic heterocycles. The molecule has 0 amide bonds. The van der Waals surface area contributed by atoms with E-state index in [1.165, 1.54) is 4.88 Å². The molecule has 0 aliphatic carbocycles. The molecular weight excluding hydrogens is 268 g/mol. The third-order valence-electron chi connectivity index (χ3n) is 3.23. The van der Waals surface area contributed by atoms with Crippen molar-refractivity contribution in [1.29, 1.82) is 0 Å². The van der Waals surface area contributed by atoms with Gasteiger partial charge in [-0.2, -0.15) is 5.10 Å². The van der Waals surface area contributed by atoms with Crippen LogP contribution in [0.25, 0.3) is 11.3 Å². The van der Waals surface area contributed by atoms with E-state index < -0.39 is 0 Å². The number of hydrogen-bond acceptors (Lipinski definition) is 4.